The molecule has 1 aliphatic heterocycles. The molecule has 0 aliphatic carbocycles. The molecule has 0 radical (unpaired) electrons. The van der Waals surface area contributed by atoms with E-state index in [2.05, 4.69) is 10.6 Å². The quantitative estimate of drug-likeness (QED) is 0.644. The molecule has 1 heterocycles. The van der Waals surface area contributed by atoms with Crippen LogP contribution in [-0.2, 0) is 4.79 Å². The van der Waals surface area contributed by atoms with E-state index in [4.69, 9.17) is 0 Å². The van der Waals surface area contributed by atoms with Crippen molar-refractivity contribution in [1.29, 1.82) is 0 Å². The van der Waals surface area contributed by atoms with E-state index < -0.39 is 4.92 Å². The number of amides is 1. The third kappa shape index (κ3) is 2.90. The third-order valence-corrected chi connectivity index (χ3v) is 3.37. The first kappa shape index (κ1) is 13.5. The number of nitrogens with zero attached hydrogens (tertiary/aromatic N) is 1. The van der Waals surface area contributed by atoms with Crippen LogP contribution in [0.4, 0.5) is 11.4 Å². The van der Waals surface area contributed by atoms with E-state index in [0.717, 1.165) is 24.9 Å². The number of carbonyl (C=O) groups is 1. The number of nitro groups is 1. The molecule has 1 saturated heterocycles. The monoisotopic (exact) mass is 263 g/mol. The molecular weight excluding hydrogens is 246 g/mol. The van der Waals surface area contributed by atoms with E-state index in [9.17, 15) is 14.9 Å². The van der Waals surface area contributed by atoms with Crippen LogP contribution in [0.3, 0.4) is 0 Å². The van der Waals surface area contributed by atoms with Crippen LogP contribution in [0.2, 0.25) is 0 Å². The van der Waals surface area contributed by atoms with E-state index in [1.165, 1.54) is 6.07 Å². The Morgan fingerprint density at radius 2 is 2.16 bits per heavy atom. The fourth-order valence-corrected chi connectivity index (χ4v) is 2.30. The summed E-state index contributed by atoms with van der Waals surface area (Å²) in [5.41, 5.74) is 1.96. The number of aryl methyl sites for hydroxylation is 2. The van der Waals surface area contributed by atoms with Crippen LogP contribution in [0.15, 0.2) is 12.1 Å². The Morgan fingerprint density at radius 1 is 1.42 bits per heavy atom. The van der Waals surface area contributed by atoms with Crippen molar-refractivity contribution < 1.29 is 9.72 Å². The SMILES string of the molecule is Cc1cc(C)c([N+](=O)[O-])cc1NC(=O)[C@H]1CCCN1. The van der Waals surface area contributed by atoms with Crippen molar-refractivity contribution in [2.45, 2.75) is 32.7 Å². The fraction of sp³-hybridized carbons (Fsp3) is 0.462. The van der Waals surface area contributed by atoms with Gasteiger partial charge in [-0.15, -0.1) is 0 Å². The lowest BCUT2D eigenvalue weighted by molar-refractivity contribution is -0.385. The zero-order valence-corrected chi connectivity index (χ0v) is 11.0. The van der Waals surface area contributed by atoms with Gasteiger partial charge in [-0.25, -0.2) is 0 Å². The first-order valence-electron chi connectivity index (χ1n) is 6.29. The van der Waals surface area contributed by atoms with Gasteiger partial charge in [0.15, 0.2) is 0 Å². The van der Waals surface area contributed by atoms with E-state index in [1.807, 2.05) is 6.92 Å². The summed E-state index contributed by atoms with van der Waals surface area (Å²) in [7, 11) is 0. The van der Waals surface area contributed by atoms with Crippen LogP contribution in [-0.4, -0.2) is 23.4 Å². The van der Waals surface area contributed by atoms with Crippen molar-refractivity contribution in [3.63, 3.8) is 0 Å². The fourth-order valence-electron chi connectivity index (χ4n) is 2.30. The average molecular weight is 263 g/mol. The average Bonchev–Trinajstić information content (AvgIpc) is 2.85. The largest absolute Gasteiger partial charge is 0.324 e. The van der Waals surface area contributed by atoms with Gasteiger partial charge >= 0.3 is 0 Å². The second-order valence-electron chi connectivity index (χ2n) is 4.85. The van der Waals surface area contributed by atoms with Crippen LogP contribution >= 0.6 is 0 Å². The summed E-state index contributed by atoms with van der Waals surface area (Å²) in [6.07, 6.45) is 1.78. The predicted molar refractivity (Wildman–Crippen MR) is 72.2 cm³/mol. The van der Waals surface area contributed by atoms with Gasteiger partial charge in [-0.05, 0) is 44.9 Å². The lowest BCUT2D eigenvalue weighted by Crippen LogP contribution is -2.35. The number of rotatable bonds is 3. The van der Waals surface area contributed by atoms with Gasteiger partial charge in [0.2, 0.25) is 5.91 Å². The Labute approximate surface area is 111 Å². The first-order valence-corrected chi connectivity index (χ1v) is 6.29. The van der Waals surface area contributed by atoms with Gasteiger partial charge in [0, 0.05) is 11.6 Å². The molecule has 0 unspecified atom stereocenters. The minimum atomic E-state index is -0.432. The van der Waals surface area contributed by atoms with Crippen molar-refractivity contribution in [2.75, 3.05) is 11.9 Å². The number of nitrogens with one attached hydrogen (secondary N) is 2. The van der Waals surface area contributed by atoms with Crippen molar-refractivity contribution in [1.82, 2.24) is 5.32 Å². The Hall–Kier alpha value is -1.95. The molecule has 1 aromatic carbocycles. The summed E-state index contributed by atoms with van der Waals surface area (Å²) >= 11 is 0. The second kappa shape index (κ2) is 5.36. The number of benzene rings is 1. The van der Waals surface area contributed by atoms with E-state index in [1.54, 1.807) is 13.0 Å². The summed E-state index contributed by atoms with van der Waals surface area (Å²) < 4.78 is 0. The van der Waals surface area contributed by atoms with Gasteiger partial charge in [-0.3, -0.25) is 14.9 Å². The molecule has 0 aromatic heterocycles. The summed E-state index contributed by atoms with van der Waals surface area (Å²) in [4.78, 5) is 22.5. The Kier molecular flexibility index (Phi) is 3.80. The lowest BCUT2D eigenvalue weighted by atomic mass is 10.1. The van der Waals surface area contributed by atoms with Crippen LogP contribution < -0.4 is 10.6 Å². The highest BCUT2D eigenvalue weighted by Crippen LogP contribution is 2.26. The summed E-state index contributed by atoms with van der Waals surface area (Å²) in [5, 5.41) is 16.8. The van der Waals surface area contributed by atoms with Crippen molar-refractivity contribution in [2.24, 2.45) is 0 Å². The maximum atomic E-state index is 12.0. The van der Waals surface area contributed by atoms with Crippen molar-refractivity contribution >= 4 is 17.3 Å². The number of anilines is 1. The van der Waals surface area contributed by atoms with Gasteiger partial charge in [0.25, 0.3) is 5.69 Å². The molecule has 19 heavy (non-hydrogen) atoms. The highest BCUT2D eigenvalue weighted by Gasteiger charge is 2.23. The minimum absolute atomic E-state index is 0.0280. The number of carbonyl (C=O) groups excluding carboxylic acids is 1. The highest BCUT2D eigenvalue weighted by atomic mass is 16.6. The molecule has 1 aromatic rings. The van der Waals surface area contributed by atoms with Gasteiger partial charge < -0.3 is 10.6 Å². The molecule has 2 rings (SSSR count). The predicted octanol–water partition coefficient (Wildman–Crippen LogP) is 1.90. The highest BCUT2D eigenvalue weighted by molar-refractivity contribution is 5.96. The maximum Gasteiger partial charge on any atom is 0.274 e. The molecular formula is C13H17N3O3. The normalized spacial score (nSPS) is 18.3. The Bertz CT molecular complexity index is 522. The van der Waals surface area contributed by atoms with Crippen LogP contribution in [0.25, 0.3) is 0 Å². The summed E-state index contributed by atoms with van der Waals surface area (Å²) in [5.74, 6) is -0.126. The van der Waals surface area contributed by atoms with Crippen molar-refractivity contribution in [3.8, 4) is 0 Å². The molecule has 0 bridgehead atoms. The van der Waals surface area contributed by atoms with Crippen LogP contribution in [0, 0.1) is 24.0 Å². The van der Waals surface area contributed by atoms with Gasteiger partial charge in [-0.1, -0.05) is 0 Å². The molecule has 2 N–H and O–H groups in total. The van der Waals surface area contributed by atoms with Crippen molar-refractivity contribution in [3.05, 3.63) is 33.4 Å². The second-order valence-corrected chi connectivity index (χ2v) is 4.85. The standard InChI is InChI=1S/C13H17N3O3/c1-8-6-9(2)12(16(18)19)7-11(8)15-13(17)10-4-3-5-14-10/h6-7,10,14H,3-5H2,1-2H3,(H,15,17)/t10-/m1/s1. The smallest absolute Gasteiger partial charge is 0.274 e. The summed E-state index contributed by atoms with van der Waals surface area (Å²) in [6, 6.07) is 2.95. The Balaban J connectivity index is 2.21. The van der Waals surface area contributed by atoms with Gasteiger partial charge in [-0.2, -0.15) is 0 Å². The molecule has 1 aliphatic rings. The maximum absolute atomic E-state index is 12.0. The van der Waals surface area contributed by atoms with Crippen LogP contribution in [0.5, 0.6) is 0 Å². The van der Waals surface area contributed by atoms with E-state index in [0.29, 0.717) is 11.3 Å². The topological polar surface area (TPSA) is 84.3 Å². The van der Waals surface area contributed by atoms with E-state index in [-0.39, 0.29) is 17.6 Å². The number of hydrogen-bond acceptors (Lipinski definition) is 4. The molecule has 1 fully saturated rings. The van der Waals surface area contributed by atoms with Gasteiger partial charge in [0.05, 0.1) is 16.7 Å². The zero-order valence-electron chi connectivity index (χ0n) is 11.0. The molecule has 6 heteroatoms. The molecule has 1 atom stereocenters. The Morgan fingerprint density at radius 3 is 2.74 bits per heavy atom. The molecule has 0 spiro atoms. The third-order valence-electron chi connectivity index (χ3n) is 3.37. The molecule has 102 valence electrons. The molecule has 6 nitrogen and oxygen atoms in total. The van der Waals surface area contributed by atoms with Crippen LogP contribution in [0.1, 0.15) is 24.0 Å². The summed E-state index contributed by atoms with van der Waals surface area (Å²) in [6.45, 7) is 4.36. The molecule has 1 amide bonds. The van der Waals surface area contributed by atoms with Gasteiger partial charge in [0.1, 0.15) is 0 Å². The number of nitro benzene ring substituents is 1. The lowest BCUT2D eigenvalue weighted by Gasteiger charge is -2.13. The zero-order chi connectivity index (χ0) is 14.0. The van der Waals surface area contributed by atoms with E-state index >= 15 is 0 Å². The first-order chi connectivity index (χ1) is 8.99. The number of hydrogen-bond donors (Lipinski definition) is 2. The minimum Gasteiger partial charge on any atom is -0.324 e. The molecule has 0 saturated carbocycles.